The Morgan fingerprint density at radius 1 is 1.53 bits per heavy atom. The van der Waals surface area contributed by atoms with Crippen molar-refractivity contribution in [2.45, 2.75) is 13.5 Å². The second-order valence-electron chi connectivity index (χ2n) is 3.91. The lowest BCUT2D eigenvalue weighted by molar-refractivity contribution is 0.0600. The molecule has 0 saturated heterocycles. The van der Waals surface area contributed by atoms with Crippen LogP contribution in [-0.2, 0) is 11.3 Å². The number of carbonyl (C=O) groups excluding carboxylic acids is 1. The second-order valence-corrected chi connectivity index (χ2v) is 4.73. The van der Waals surface area contributed by atoms with Gasteiger partial charge in [0.05, 0.1) is 30.6 Å². The number of furan rings is 1. The number of anilines is 1. The first-order valence-corrected chi connectivity index (χ1v) is 6.42. The molecular formula is C13H13BrN2O3. The van der Waals surface area contributed by atoms with Crippen LogP contribution in [0, 0.1) is 6.92 Å². The topological polar surface area (TPSA) is 64.4 Å². The number of nitrogens with zero attached hydrogens (tertiary/aromatic N) is 1. The van der Waals surface area contributed by atoms with Crippen LogP contribution in [0.25, 0.3) is 0 Å². The highest BCUT2D eigenvalue weighted by Gasteiger charge is 2.10. The average Bonchev–Trinajstić information content (AvgIpc) is 2.85. The minimum atomic E-state index is -0.406. The number of rotatable bonds is 4. The molecule has 0 aliphatic rings. The van der Waals surface area contributed by atoms with E-state index in [-0.39, 0.29) is 0 Å². The lowest BCUT2D eigenvalue weighted by atomic mass is 10.3. The number of aryl methyl sites for hydroxylation is 1. The molecule has 19 heavy (non-hydrogen) atoms. The van der Waals surface area contributed by atoms with Crippen LogP contribution in [0.15, 0.2) is 33.5 Å². The number of hydrogen-bond donors (Lipinski definition) is 1. The SMILES string of the molecule is COC(=O)c1coc(CNc2ccc(Br)nc2C)c1. The zero-order valence-corrected chi connectivity index (χ0v) is 12.2. The minimum Gasteiger partial charge on any atom is -0.467 e. The fourth-order valence-electron chi connectivity index (χ4n) is 1.60. The summed E-state index contributed by atoms with van der Waals surface area (Å²) in [4.78, 5) is 15.6. The van der Waals surface area contributed by atoms with Crippen molar-refractivity contribution < 1.29 is 13.9 Å². The van der Waals surface area contributed by atoms with Crippen molar-refractivity contribution in [1.29, 1.82) is 0 Å². The predicted molar refractivity (Wildman–Crippen MR) is 74.0 cm³/mol. The Morgan fingerprint density at radius 3 is 3.00 bits per heavy atom. The number of pyridine rings is 1. The molecular weight excluding hydrogens is 312 g/mol. The molecule has 0 radical (unpaired) electrons. The third-order valence-corrected chi connectivity index (χ3v) is 3.02. The molecule has 0 amide bonds. The zero-order chi connectivity index (χ0) is 13.8. The first-order chi connectivity index (χ1) is 9.10. The Morgan fingerprint density at radius 2 is 2.32 bits per heavy atom. The van der Waals surface area contributed by atoms with Crippen molar-refractivity contribution in [3.8, 4) is 0 Å². The molecule has 100 valence electrons. The van der Waals surface area contributed by atoms with Crippen molar-refractivity contribution in [3.05, 3.63) is 46.1 Å². The maximum Gasteiger partial charge on any atom is 0.341 e. The van der Waals surface area contributed by atoms with Crippen molar-refractivity contribution >= 4 is 27.6 Å². The minimum absolute atomic E-state index is 0.406. The summed E-state index contributed by atoms with van der Waals surface area (Å²) in [6.07, 6.45) is 1.38. The highest BCUT2D eigenvalue weighted by atomic mass is 79.9. The highest BCUT2D eigenvalue weighted by molar-refractivity contribution is 9.10. The summed E-state index contributed by atoms with van der Waals surface area (Å²) in [6.45, 7) is 2.39. The van der Waals surface area contributed by atoms with E-state index in [1.165, 1.54) is 13.4 Å². The van der Waals surface area contributed by atoms with E-state index in [1.54, 1.807) is 6.07 Å². The zero-order valence-electron chi connectivity index (χ0n) is 10.6. The Hall–Kier alpha value is -1.82. The van der Waals surface area contributed by atoms with Gasteiger partial charge in [0, 0.05) is 0 Å². The number of aromatic nitrogens is 1. The number of carbonyl (C=O) groups is 1. The first kappa shape index (κ1) is 13.6. The molecule has 1 N–H and O–H groups in total. The predicted octanol–water partition coefficient (Wildman–Crippen LogP) is 3.14. The molecule has 5 nitrogen and oxygen atoms in total. The molecule has 0 atom stereocenters. The molecule has 0 aromatic carbocycles. The Balaban J connectivity index is 2.02. The van der Waals surface area contributed by atoms with Crippen molar-refractivity contribution in [1.82, 2.24) is 4.98 Å². The van der Waals surface area contributed by atoms with Crippen molar-refractivity contribution in [2.24, 2.45) is 0 Å². The van der Waals surface area contributed by atoms with Crippen LogP contribution in [0.2, 0.25) is 0 Å². The lowest BCUT2D eigenvalue weighted by Gasteiger charge is -2.07. The van der Waals surface area contributed by atoms with Gasteiger partial charge < -0.3 is 14.5 Å². The summed E-state index contributed by atoms with van der Waals surface area (Å²) in [6, 6.07) is 5.44. The number of halogens is 1. The molecule has 2 heterocycles. The normalized spacial score (nSPS) is 10.3. The maximum absolute atomic E-state index is 11.3. The third-order valence-electron chi connectivity index (χ3n) is 2.58. The van der Waals surface area contributed by atoms with Crippen LogP contribution in [0.1, 0.15) is 21.8 Å². The fourth-order valence-corrected chi connectivity index (χ4v) is 2.00. The van der Waals surface area contributed by atoms with E-state index < -0.39 is 5.97 Å². The molecule has 0 bridgehead atoms. The summed E-state index contributed by atoms with van der Waals surface area (Å²) in [5.41, 5.74) is 2.21. The maximum atomic E-state index is 11.3. The van der Waals surface area contributed by atoms with Gasteiger partial charge in [-0.05, 0) is 41.1 Å². The van der Waals surface area contributed by atoms with Crippen molar-refractivity contribution in [3.63, 3.8) is 0 Å². The van der Waals surface area contributed by atoms with E-state index in [0.717, 1.165) is 16.0 Å². The van der Waals surface area contributed by atoms with Gasteiger partial charge in [0.1, 0.15) is 16.6 Å². The lowest BCUT2D eigenvalue weighted by Crippen LogP contribution is -2.02. The molecule has 0 unspecified atom stereocenters. The van der Waals surface area contributed by atoms with Crippen LogP contribution in [0.3, 0.4) is 0 Å². The van der Waals surface area contributed by atoms with Gasteiger partial charge in [0.15, 0.2) is 0 Å². The summed E-state index contributed by atoms with van der Waals surface area (Å²) in [5.74, 6) is 0.249. The van der Waals surface area contributed by atoms with Gasteiger partial charge in [0.2, 0.25) is 0 Å². The van der Waals surface area contributed by atoms with Gasteiger partial charge in [0.25, 0.3) is 0 Å². The van der Waals surface area contributed by atoms with E-state index in [0.29, 0.717) is 17.9 Å². The van der Waals surface area contributed by atoms with Gasteiger partial charge in [-0.25, -0.2) is 9.78 Å². The van der Waals surface area contributed by atoms with Crippen LogP contribution < -0.4 is 5.32 Å². The fraction of sp³-hybridized carbons (Fsp3) is 0.231. The molecule has 0 spiro atoms. The van der Waals surface area contributed by atoms with Gasteiger partial charge in [-0.1, -0.05) is 0 Å². The second kappa shape index (κ2) is 5.88. The molecule has 2 aromatic rings. The van der Waals surface area contributed by atoms with Gasteiger partial charge in [-0.3, -0.25) is 0 Å². The molecule has 2 rings (SSSR count). The van der Waals surface area contributed by atoms with E-state index >= 15 is 0 Å². The quantitative estimate of drug-likeness (QED) is 0.691. The monoisotopic (exact) mass is 324 g/mol. The largest absolute Gasteiger partial charge is 0.467 e. The van der Waals surface area contributed by atoms with Crippen LogP contribution >= 0.6 is 15.9 Å². The molecule has 0 aliphatic heterocycles. The first-order valence-electron chi connectivity index (χ1n) is 5.63. The summed E-state index contributed by atoms with van der Waals surface area (Å²) in [5, 5.41) is 3.20. The number of methoxy groups -OCH3 is 1. The average molecular weight is 325 g/mol. The summed E-state index contributed by atoms with van der Waals surface area (Å²) >= 11 is 3.31. The molecule has 0 aliphatic carbocycles. The Labute approximate surface area is 119 Å². The van der Waals surface area contributed by atoms with Gasteiger partial charge in [-0.2, -0.15) is 0 Å². The number of ether oxygens (including phenoxy) is 1. The van der Waals surface area contributed by atoms with Crippen molar-refractivity contribution in [2.75, 3.05) is 12.4 Å². The van der Waals surface area contributed by atoms with E-state index in [2.05, 4.69) is 31.0 Å². The van der Waals surface area contributed by atoms with Crippen LogP contribution in [0.5, 0.6) is 0 Å². The van der Waals surface area contributed by atoms with Gasteiger partial charge >= 0.3 is 5.97 Å². The highest BCUT2D eigenvalue weighted by Crippen LogP contribution is 2.17. The van der Waals surface area contributed by atoms with E-state index in [4.69, 9.17) is 4.42 Å². The standard InChI is InChI=1S/C13H13BrN2O3/c1-8-11(3-4-12(14)16-8)15-6-10-5-9(7-19-10)13(17)18-2/h3-5,7,15H,6H2,1-2H3. The number of nitrogens with one attached hydrogen (secondary N) is 1. The van der Waals surface area contributed by atoms with E-state index in [9.17, 15) is 4.79 Å². The number of esters is 1. The smallest absolute Gasteiger partial charge is 0.341 e. The molecule has 0 saturated carbocycles. The van der Waals surface area contributed by atoms with Gasteiger partial charge in [-0.15, -0.1) is 0 Å². The Kier molecular flexibility index (Phi) is 4.21. The van der Waals surface area contributed by atoms with E-state index in [1.807, 2.05) is 19.1 Å². The summed E-state index contributed by atoms with van der Waals surface area (Å²) in [7, 11) is 1.34. The van der Waals surface area contributed by atoms with Crippen LogP contribution in [0.4, 0.5) is 5.69 Å². The molecule has 6 heteroatoms. The molecule has 2 aromatic heterocycles. The molecule has 0 fully saturated rings. The third kappa shape index (κ3) is 3.35. The Bertz CT molecular complexity index is 595. The summed E-state index contributed by atoms with van der Waals surface area (Å²) < 4.78 is 10.7. The number of hydrogen-bond acceptors (Lipinski definition) is 5. The van der Waals surface area contributed by atoms with Crippen LogP contribution in [-0.4, -0.2) is 18.1 Å².